The minimum absolute atomic E-state index is 0.305. The fourth-order valence-corrected chi connectivity index (χ4v) is 1.88. The summed E-state index contributed by atoms with van der Waals surface area (Å²) in [6.07, 6.45) is 0.612. The molecule has 0 amide bonds. The van der Waals surface area contributed by atoms with Crippen molar-refractivity contribution in [3.8, 4) is 0 Å². The molecule has 0 bridgehead atoms. The number of rotatable bonds is 11. The number of hydrogen-bond acceptors (Lipinski definition) is 6. The molecule has 2 saturated heterocycles. The lowest BCUT2D eigenvalue weighted by atomic mass is 10.2. The van der Waals surface area contributed by atoms with Gasteiger partial charge < -0.3 is 18.9 Å². The largest absolute Gasteiger partial charge is 0.377 e. The zero-order chi connectivity index (χ0) is 15.9. The van der Waals surface area contributed by atoms with E-state index in [2.05, 4.69) is 10.3 Å². The minimum atomic E-state index is 0.305. The van der Waals surface area contributed by atoms with Crippen molar-refractivity contribution in [2.75, 3.05) is 46.6 Å². The zero-order valence-electron chi connectivity index (χ0n) is 13.4. The Morgan fingerprint density at radius 1 is 1.09 bits per heavy atom. The molecule has 126 valence electrons. The summed E-state index contributed by atoms with van der Waals surface area (Å²) in [4.78, 5) is 0. The first-order valence-electron chi connectivity index (χ1n) is 7.90. The third-order valence-electron chi connectivity index (χ3n) is 3.49. The quantitative estimate of drug-likeness (QED) is 0.270. The van der Waals surface area contributed by atoms with Gasteiger partial charge in [0.15, 0.2) is 0 Å². The monoisotopic (exact) mass is 321 g/mol. The molecule has 0 saturated carbocycles. The molecule has 2 aliphatic rings. The van der Waals surface area contributed by atoms with E-state index in [4.69, 9.17) is 18.9 Å². The highest BCUT2D eigenvalue weighted by molar-refractivity contribution is 5.37. The lowest BCUT2D eigenvalue weighted by Crippen LogP contribution is -2.18. The van der Waals surface area contributed by atoms with Gasteiger partial charge in [-0.05, 0) is 17.7 Å². The molecule has 23 heavy (non-hydrogen) atoms. The Labute approximate surface area is 136 Å². The molecular formula is C16H23N3O4. The maximum Gasteiger partial charge on any atom is 0.104 e. The highest BCUT2D eigenvalue weighted by Gasteiger charge is 2.22. The molecule has 1 aromatic carbocycles. The average Bonchev–Trinajstić information content (AvgIpc) is 3.45. The lowest BCUT2D eigenvalue weighted by Gasteiger charge is -2.10. The van der Waals surface area contributed by atoms with Crippen molar-refractivity contribution in [1.29, 1.82) is 0 Å². The van der Waals surface area contributed by atoms with Crippen LogP contribution in [0.25, 0.3) is 0 Å². The molecule has 0 aromatic heterocycles. The van der Waals surface area contributed by atoms with E-state index in [1.165, 1.54) is 0 Å². The van der Waals surface area contributed by atoms with Crippen LogP contribution in [0.4, 0.5) is 5.69 Å². The van der Waals surface area contributed by atoms with Crippen LogP contribution in [-0.4, -0.2) is 63.8 Å². The molecule has 7 nitrogen and oxygen atoms in total. The summed E-state index contributed by atoms with van der Waals surface area (Å²) in [6, 6.07) is 7.87. The second-order valence-electron chi connectivity index (χ2n) is 5.74. The molecule has 2 atom stereocenters. The highest BCUT2D eigenvalue weighted by Crippen LogP contribution is 2.15. The van der Waals surface area contributed by atoms with E-state index < -0.39 is 0 Å². The Balaban J connectivity index is 1.32. The summed E-state index contributed by atoms with van der Waals surface area (Å²) in [7, 11) is 1.88. The number of nitrogens with zero attached hydrogens (tertiary/aromatic N) is 3. The first kappa shape index (κ1) is 16.3. The molecule has 1 aromatic rings. The van der Waals surface area contributed by atoms with Crippen molar-refractivity contribution in [3.05, 3.63) is 29.8 Å². The molecule has 2 aliphatic heterocycles. The van der Waals surface area contributed by atoms with Crippen LogP contribution in [0, 0.1) is 0 Å². The Bertz CT molecular complexity index is 501. The maximum absolute atomic E-state index is 5.55. The first-order valence-corrected chi connectivity index (χ1v) is 7.90. The Morgan fingerprint density at radius 2 is 1.74 bits per heavy atom. The summed E-state index contributed by atoms with van der Waals surface area (Å²) in [6.45, 7) is 4.90. The van der Waals surface area contributed by atoms with E-state index in [0.717, 1.165) is 24.5 Å². The van der Waals surface area contributed by atoms with Gasteiger partial charge in [0.05, 0.1) is 51.9 Å². The first-order chi connectivity index (χ1) is 11.3. The predicted molar refractivity (Wildman–Crippen MR) is 83.5 cm³/mol. The van der Waals surface area contributed by atoms with Crippen molar-refractivity contribution in [1.82, 2.24) is 5.01 Å². The van der Waals surface area contributed by atoms with E-state index in [-0.39, 0.29) is 0 Å². The predicted octanol–water partition coefficient (Wildman–Crippen LogP) is 1.95. The molecular weight excluding hydrogens is 298 g/mol. The summed E-state index contributed by atoms with van der Waals surface area (Å²) in [5.41, 5.74) is 1.94. The van der Waals surface area contributed by atoms with Crippen molar-refractivity contribution >= 4 is 5.69 Å². The van der Waals surface area contributed by atoms with Gasteiger partial charge in [-0.3, -0.25) is 5.01 Å². The molecule has 0 aliphatic carbocycles. The average molecular weight is 321 g/mol. The summed E-state index contributed by atoms with van der Waals surface area (Å²) in [5, 5.41) is 10.1. The number of ether oxygens (including phenoxy) is 4. The van der Waals surface area contributed by atoms with Crippen LogP contribution in [-0.2, 0) is 25.6 Å². The van der Waals surface area contributed by atoms with E-state index in [1.54, 1.807) is 5.01 Å². The molecule has 2 unspecified atom stereocenters. The van der Waals surface area contributed by atoms with Crippen molar-refractivity contribution in [3.63, 3.8) is 0 Å². The molecule has 0 N–H and O–H groups in total. The minimum Gasteiger partial charge on any atom is -0.377 e. The van der Waals surface area contributed by atoms with Crippen LogP contribution in [0.2, 0.25) is 0 Å². The molecule has 2 heterocycles. The van der Waals surface area contributed by atoms with E-state index >= 15 is 0 Å². The van der Waals surface area contributed by atoms with Crippen LogP contribution in [0.3, 0.4) is 0 Å². The second-order valence-corrected chi connectivity index (χ2v) is 5.74. The molecule has 7 heteroatoms. The van der Waals surface area contributed by atoms with Crippen LogP contribution < -0.4 is 0 Å². The van der Waals surface area contributed by atoms with Crippen molar-refractivity contribution in [2.24, 2.45) is 10.3 Å². The van der Waals surface area contributed by atoms with Crippen LogP contribution in [0.5, 0.6) is 0 Å². The fourth-order valence-electron chi connectivity index (χ4n) is 1.88. The Morgan fingerprint density at radius 3 is 2.39 bits per heavy atom. The topological polar surface area (TPSA) is 71.5 Å². The van der Waals surface area contributed by atoms with Crippen LogP contribution in [0.1, 0.15) is 5.56 Å². The lowest BCUT2D eigenvalue weighted by molar-refractivity contribution is 0.0967. The number of benzene rings is 1. The molecule has 2 fully saturated rings. The van der Waals surface area contributed by atoms with E-state index in [0.29, 0.717) is 45.2 Å². The highest BCUT2D eigenvalue weighted by atomic mass is 16.6. The fraction of sp³-hybridized carbons (Fsp3) is 0.625. The van der Waals surface area contributed by atoms with Crippen LogP contribution in [0.15, 0.2) is 34.6 Å². The standard InChI is InChI=1S/C16H23N3O4/c1-19(6-7-20-9-15-11-22-15)18-17-14-4-2-13(3-5-14)8-21-10-16-12-23-16/h2-5,15-16H,6-12H2,1H3. The summed E-state index contributed by atoms with van der Waals surface area (Å²) >= 11 is 0. The van der Waals surface area contributed by atoms with Crippen LogP contribution >= 0.6 is 0 Å². The van der Waals surface area contributed by atoms with Gasteiger partial charge in [-0.2, -0.15) is 0 Å². The van der Waals surface area contributed by atoms with Gasteiger partial charge in [-0.15, -0.1) is 5.11 Å². The zero-order valence-corrected chi connectivity index (χ0v) is 13.4. The third kappa shape index (κ3) is 6.62. The van der Waals surface area contributed by atoms with Gasteiger partial charge in [-0.1, -0.05) is 17.4 Å². The maximum atomic E-state index is 5.55. The van der Waals surface area contributed by atoms with Crippen molar-refractivity contribution < 1.29 is 18.9 Å². The molecule has 0 spiro atoms. The smallest absolute Gasteiger partial charge is 0.104 e. The third-order valence-corrected chi connectivity index (χ3v) is 3.49. The van der Waals surface area contributed by atoms with Gasteiger partial charge in [0.2, 0.25) is 0 Å². The second kappa shape index (κ2) is 8.35. The van der Waals surface area contributed by atoms with E-state index in [1.807, 2.05) is 31.3 Å². The Kier molecular flexibility index (Phi) is 5.93. The van der Waals surface area contributed by atoms with Gasteiger partial charge in [0, 0.05) is 7.05 Å². The van der Waals surface area contributed by atoms with Gasteiger partial charge in [0.1, 0.15) is 12.2 Å². The number of epoxide rings is 2. The van der Waals surface area contributed by atoms with Gasteiger partial charge in [-0.25, -0.2) is 0 Å². The molecule has 0 radical (unpaired) electrons. The summed E-state index contributed by atoms with van der Waals surface area (Å²) < 4.78 is 21.2. The number of hydrogen-bond donors (Lipinski definition) is 0. The SMILES string of the molecule is CN(CCOCC1CO1)N=Nc1ccc(COCC2CO2)cc1. The van der Waals surface area contributed by atoms with E-state index in [9.17, 15) is 0 Å². The summed E-state index contributed by atoms with van der Waals surface area (Å²) in [5.74, 6) is 0. The normalized spacial score (nSPS) is 22.5. The van der Waals surface area contributed by atoms with Gasteiger partial charge >= 0.3 is 0 Å². The molecule has 3 rings (SSSR count). The van der Waals surface area contributed by atoms with Gasteiger partial charge in [0.25, 0.3) is 0 Å². The van der Waals surface area contributed by atoms with Crippen molar-refractivity contribution in [2.45, 2.75) is 18.8 Å². The number of likely N-dealkylation sites (N-methyl/N-ethyl adjacent to an activating group) is 1. The Hall–Kier alpha value is -1.54.